The van der Waals surface area contributed by atoms with E-state index in [4.69, 9.17) is 10.00 Å². The van der Waals surface area contributed by atoms with Gasteiger partial charge in [0, 0.05) is 39.2 Å². The molecule has 21 heavy (non-hydrogen) atoms. The van der Waals surface area contributed by atoms with Crippen molar-refractivity contribution < 1.29 is 9.53 Å². The number of carbonyl (C=O) groups is 1. The maximum Gasteiger partial charge on any atom is 0.221 e. The van der Waals surface area contributed by atoms with Gasteiger partial charge >= 0.3 is 0 Å². The van der Waals surface area contributed by atoms with Crippen molar-refractivity contribution in [3.8, 4) is 6.07 Å². The molecule has 1 aromatic rings. The highest BCUT2D eigenvalue weighted by Crippen LogP contribution is 2.08. The first-order valence-corrected chi connectivity index (χ1v) is 7.34. The molecule has 1 amide bonds. The molecule has 5 nitrogen and oxygen atoms in total. The second-order valence-corrected chi connectivity index (χ2v) is 5.15. The third kappa shape index (κ3) is 5.54. The third-order valence-corrected chi connectivity index (χ3v) is 3.48. The zero-order valence-corrected chi connectivity index (χ0v) is 12.2. The van der Waals surface area contributed by atoms with Gasteiger partial charge in [0.2, 0.25) is 5.91 Å². The van der Waals surface area contributed by atoms with E-state index in [0.717, 1.165) is 38.2 Å². The summed E-state index contributed by atoms with van der Waals surface area (Å²) in [6.07, 6.45) is 1.47. The lowest BCUT2D eigenvalue weighted by molar-refractivity contribution is -0.121. The molecule has 1 aromatic carbocycles. The molecule has 1 aliphatic heterocycles. The Morgan fingerprint density at radius 3 is 2.81 bits per heavy atom. The molecule has 0 atom stereocenters. The first-order chi connectivity index (χ1) is 10.3. The molecule has 5 heteroatoms. The van der Waals surface area contributed by atoms with E-state index in [9.17, 15) is 4.79 Å². The zero-order chi connectivity index (χ0) is 14.9. The maximum absolute atomic E-state index is 11.7. The number of amides is 1. The second-order valence-electron chi connectivity index (χ2n) is 5.15. The van der Waals surface area contributed by atoms with Crippen LogP contribution < -0.4 is 5.32 Å². The van der Waals surface area contributed by atoms with Crippen molar-refractivity contribution in [2.75, 3.05) is 32.8 Å². The molecule has 0 unspecified atom stereocenters. The number of hydrogen-bond donors (Lipinski definition) is 1. The van der Waals surface area contributed by atoms with Crippen LogP contribution in [0.1, 0.15) is 24.0 Å². The molecule has 1 saturated heterocycles. The normalized spacial score (nSPS) is 18.3. The second kappa shape index (κ2) is 8.40. The molecule has 112 valence electrons. The highest BCUT2D eigenvalue weighted by Gasteiger charge is 2.10. The fraction of sp³-hybridized carbons (Fsp3) is 0.500. The Bertz CT molecular complexity index is 493. The minimum Gasteiger partial charge on any atom is -0.380 e. The molecule has 2 rings (SSSR count). The van der Waals surface area contributed by atoms with Gasteiger partial charge in [0.05, 0.1) is 18.2 Å². The van der Waals surface area contributed by atoms with Gasteiger partial charge in [-0.05, 0) is 24.1 Å². The molecular formula is C16H21N3O2. The van der Waals surface area contributed by atoms with Crippen LogP contribution in [0.5, 0.6) is 0 Å². The number of carbonyl (C=O) groups excluding carboxylic acids is 1. The van der Waals surface area contributed by atoms with E-state index < -0.39 is 0 Å². The molecule has 1 fully saturated rings. The summed E-state index contributed by atoms with van der Waals surface area (Å²) >= 11 is 0. The highest BCUT2D eigenvalue weighted by molar-refractivity contribution is 5.76. The Kier molecular flexibility index (Phi) is 6.20. The molecular weight excluding hydrogens is 266 g/mol. The molecule has 0 bridgehead atoms. The Labute approximate surface area is 125 Å². The minimum absolute atomic E-state index is 0.0744. The van der Waals surface area contributed by atoms with Gasteiger partial charge in [-0.2, -0.15) is 5.26 Å². The molecule has 0 spiro atoms. The van der Waals surface area contributed by atoms with Gasteiger partial charge in [-0.3, -0.25) is 9.69 Å². The summed E-state index contributed by atoms with van der Waals surface area (Å²) in [7, 11) is 0. The van der Waals surface area contributed by atoms with Crippen LogP contribution in [0.2, 0.25) is 0 Å². The summed E-state index contributed by atoms with van der Waals surface area (Å²) in [4.78, 5) is 13.9. The van der Waals surface area contributed by atoms with Crippen LogP contribution in [0, 0.1) is 11.3 Å². The van der Waals surface area contributed by atoms with E-state index in [1.807, 2.05) is 24.3 Å². The minimum atomic E-state index is 0.0744. The topological polar surface area (TPSA) is 65.4 Å². The molecule has 0 aromatic heterocycles. The van der Waals surface area contributed by atoms with Crippen molar-refractivity contribution in [3.05, 3.63) is 35.4 Å². The predicted octanol–water partition coefficient (Wildman–Crippen LogP) is 1.29. The SMILES string of the molecule is N#Cc1ccc(CN2CCCOCCNC(=O)CC2)cc1. The predicted molar refractivity (Wildman–Crippen MR) is 79.5 cm³/mol. The van der Waals surface area contributed by atoms with Crippen molar-refractivity contribution in [2.45, 2.75) is 19.4 Å². The maximum atomic E-state index is 11.7. The van der Waals surface area contributed by atoms with E-state index in [0.29, 0.717) is 25.1 Å². The van der Waals surface area contributed by atoms with Gasteiger partial charge in [-0.15, -0.1) is 0 Å². The summed E-state index contributed by atoms with van der Waals surface area (Å²) in [6.45, 7) is 4.34. The van der Waals surface area contributed by atoms with Crippen LogP contribution in [0.25, 0.3) is 0 Å². The molecule has 0 saturated carbocycles. The molecule has 0 aliphatic carbocycles. The van der Waals surface area contributed by atoms with Gasteiger partial charge in [0.15, 0.2) is 0 Å². The van der Waals surface area contributed by atoms with Gasteiger partial charge in [-0.25, -0.2) is 0 Å². The van der Waals surface area contributed by atoms with Crippen LogP contribution in [0.15, 0.2) is 24.3 Å². The lowest BCUT2D eigenvalue weighted by atomic mass is 10.1. The van der Waals surface area contributed by atoms with Crippen molar-refractivity contribution in [1.82, 2.24) is 10.2 Å². The third-order valence-electron chi connectivity index (χ3n) is 3.48. The lowest BCUT2D eigenvalue weighted by Gasteiger charge is -2.21. The molecule has 0 radical (unpaired) electrons. The van der Waals surface area contributed by atoms with Gasteiger partial charge in [0.25, 0.3) is 0 Å². The number of nitriles is 1. The number of rotatable bonds is 2. The van der Waals surface area contributed by atoms with Crippen molar-refractivity contribution in [2.24, 2.45) is 0 Å². The first-order valence-electron chi connectivity index (χ1n) is 7.34. The van der Waals surface area contributed by atoms with E-state index >= 15 is 0 Å². The molecule has 1 aliphatic rings. The van der Waals surface area contributed by atoms with Crippen molar-refractivity contribution in [1.29, 1.82) is 5.26 Å². The summed E-state index contributed by atoms with van der Waals surface area (Å²) in [5, 5.41) is 11.7. The van der Waals surface area contributed by atoms with Gasteiger partial charge < -0.3 is 10.1 Å². The van der Waals surface area contributed by atoms with Gasteiger partial charge in [-0.1, -0.05) is 12.1 Å². The zero-order valence-electron chi connectivity index (χ0n) is 12.2. The van der Waals surface area contributed by atoms with Crippen LogP contribution in [0.4, 0.5) is 0 Å². The highest BCUT2D eigenvalue weighted by atomic mass is 16.5. The quantitative estimate of drug-likeness (QED) is 0.890. The van der Waals surface area contributed by atoms with Crippen LogP contribution in [-0.2, 0) is 16.1 Å². The van der Waals surface area contributed by atoms with E-state index in [2.05, 4.69) is 16.3 Å². The molecule has 1 heterocycles. The number of hydrogen-bond acceptors (Lipinski definition) is 4. The summed E-state index contributed by atoms with van der Waals surface area (Å²) in [5.74, 6) is 0.0744. The lowest BCUT2D eigenvalue weighted by Crippen LogP contribution is -2.31. The fourth-order valence-corrected chi connectivity index (χ4v) is 2.32. The molecule has 1 N–H and O–H groups in total. The summed E-state index contributed by atoms with van der Waals surface area (Å²) in [5.41, 5.74) is 1.83. The average Bonchev–Trinajstić information content (AvgIpc) is 2.55. The Morgan fingerprint density at radius 1 is 1.24 bits per heavy atom. The summed E-state index contributed by atoms with van der Waals surface area (Å²) in [6, 6.07) is 9.73. The van der Waals surface area contributed by atoms with Crippen molar-refractivity contribution in [3.63, 3.8) is 0 Å². The number of nitrogens with one attached hydrogen (secondary N) is 1. The standard InChI is InChI=1S/C16H21N3O2/c17-12-14-2-4-15(5-3-14)13-19-8-1-10-21-11-7-18-16(20)6-9-19/h2-5H,1,6-11,13H2,(H,18,20). The van der Waals surface area contributed by atoms with Crippen LogP contribution in [-0.4, -0.2) is 43.7 Å². The van der Waals surface area contributed by atoms with E-state index in [1.165, 1.54) is 0 Å². The fourth-order valence-electron chi connectivity index (χ4n) is 2.32. The number of nitrogens with zero attached hydrogens (tertiary/aromatic N) is 2. The largest absolute Gasteiger partial charge is 0.380 e. The van der Waals surface area contributed by atoms with E-state index in [1.54, 1.807) is 0 Å². The number of benzene rings is 1. The summed E-state index contributed by atoms with van der Waals surface area (Å²) < 4.78 is 5.47. The monoisotopic (exact) mass is 287 g/mol. The van der Waals surface area contributed by atoms with Crippen LogP contribution in [0.3, 0.4) is 0 Å². The Morgan fingerprint density at radius 2 is 2.05 bits per heavy atom. The van der Waals surface area contributed by atoms with Crippen LogP contribution >= 0.6 is 0 Å². The van der Waals surface area contributed by atoms with Crippen molar-refractivity contribution >= 4 is 5.91 Å². The smallest absolute Gasteiger partial charge is 0.221 e. The first kappa shape index (κ1) is 15.5. The number of ether oxygens (including phenoxy) is 1. The Hall–Kier alpha value is -1.90. The van der Waals surface area contributed by atoms with Gasteiger partial charge in [0.1, 0.15) is 0 Å². The Balaban J connectivity index is 1.93. The average molecular weight is 287 g/mol. The van der Waals surface area contributed by atoms with E-state index in [-0.39, 0.29) is 5.91 Å².